The number of carboxylic acid groups (broad SMARTS) is 1. The number of alkyl halides is 9. The van der Waals surface area contributed by atoms with Crippen molar-refractivity contribution >= 4 is 12.1 Å². The van der Waals surface area contributed by atoms with E-state index in [9.17, 15) is 54.2 Å². The van der Waals surface area contributed by atoms with E-state index in [1.54, 1.807) is 4.90 Å². The van der Waals surface area contributed by atoms with Gasteiger partial charge in [-0.2, -0.15) is 39.5 Å². The van der Waals surface area contributed by atoms with Crippen molar-refractivity contribution < 1.29 is 58.9 Å². The van der Waals surface area contributed by atoms with Crippen molar-refractivity contribution in [1.82, 2.24) is 9.80 Å². The van der Waals surface area contributed by atoms with Gasteiger partial charge in [0.1, 0.15) is 0 Å². The second-order valence-electron chi connectivity index (χ2n) is 9.08. The molecule has 1 aromatic rings. The third-order valence-corrected chi connectivity index (χ3v) is 6.62. The highest BCUT2D eigenvalue weighted by atomic mass is 19.4. The van der Waals surface area contributed by atoms with Crippen LogP contribution in [0, 0.1) is 0 Å². The summed E-state index contributed by atoms with van der Waals surface area (Å²) in [7, 11) is 0. The van der Waals surface area contributed by atoms with Gasteiger partial charge in [-0.15, -0.1) is 0 Å². The highest BCUT2D eigenvalue weighted by Crippen LogP contribution is 2.46. The van der Waals surface area contributed by atoms with Gasteiger partial charge < -0.3 is 14.7 Å². The maximum atomic E-state index is 13.9. The minimum absolute atomic E-state index is 0.0556. The van der Waals surface area contributed by atoms with Gasteiger partial charge in [-0.25, -0.2) is 4.79 Å². The number of rotatable bonds is 5. The lowest BCUT2D eigenvalue weighted by molar-refractivity contribution is -0.308. The van der Waals surface area contributed by atoms with Gasteiger partial charge in [0.05, 0.1) is 11.0 Å². The van der Waals surface area contributed by atoms with Crippen LogP contribution in [0.3, 0.4) is 0 Å². The lowest BCUT2D eigenvalue weighted by Crippen LogP contribution is -2.52. The van der Waals surface area contributed by atoms with E-state index in [1.165, 1.54) is 6.07 Å². The standard InChI is InChI=1S/C22H23F9N2O4/c23-20(24,25)15-11-13(3-4-14(15)19(17(34)35)5-1-2-6-19)12-32-7-9-33(10-8-32)18(36)37-16(21(26,27)28)22(29,30)31/h3-4,11,16H,1-2,5-10,12H2,(H,34,35). The molecule has 6 nitrogen and oxygen atoms in total. The van der Waals surface area contributed by atoms with Crippen LogP contribution in [-0.2, 0) is 27.7 Å². The fourth-order valence-electron chi connectivity index (χ4n) is 4.76. The number of carbonyl (C=O) groups is 2. The largest absolute Gasteiger partial charge is 0.481 e. The number of hydrogen-bond acceptors (Lipinski definition) is 4. The molecule has 1 heterocycles. The number of carboxylic acids is 1. The first-order chi connectivity index (χ1) is 16.9. The maximum Gasteiger partial charge on any atom is 0.434 e. The zero-order chi connectivity index (χ0) is 27.8. The molecule has 37 heavy (non-hydrogen) atoms. The average Bonchev–Trinajstić information content (AvgIpc) is 3.27. The lowest BCUT2D eigenvalue weighted by atomic mass is 9.76. The molecule has 1 aliphatic carbocycles. The van der Waals surface area contributed by atoms with Gasteiger partial charge in [0.15, 0.2) is 0 Å². The summed E-state index contributed by atoms with van der Waals surface area (Å²) in [6.45, 7) is -0.804. The van der Waals surface area contributed by atoms with E-state index in [0.29, 0.717) is 17.7 Å². The quantitative estimate of drug-likeness (QED) is 0.501. The monoisotopic (exact) mass is 550 g/mol. The Labute approximate surface area is 204 Å². The van der Waals surface area contributed by atoms with Crippen molar-refractivity contribution in [3.63, 3.8) is 0 Å². The number of aliphatic carboxylic acids is 1. The summed E-state index contributed by atoms with van der Waals surface area (Å²) in [4.78, 5) is 26.0. The summed E-state index contributed by atoms with van der Waals surface area (Å²) in [6, 6.07) is 3.38. The second-order valence-corrected chi connectivity index (χ2v) is 9.08. The van der Waals surface area contributed by atoms with E-state index in [-0.39, 0.29) is 56.7 Å². The van der Waals surface area contributed by atoms with Crippen LogP contribution in [0.5, 0.6) is 0 Å². The molecule has 1 aliphatic heterocycles. The average molecular weight is 550 g/mol. The zero-order valence-electron chi connectivity index (χ0n) is 19.1. The number of carbonyl (C=O) groups excluding carboxylic acids is 1. The van der Waals surface area contributed by atoms with Crippen molar-refractivity contribution in [3.05, 3.63) is 34.9 Å². The Bertz CT molecular complexity index is 979. The van der Waals surface area contributed by atoms with Crippen molar-refractivity contribution in [1.29, 1.82) is 0 Å². The topological polar surface area (TPSA) is 70.1 Å². The van der Waals surface area contributed by atoms with Gasteiger partial charge in [-0.1, -0.05) is 25.0 Å². The molecule has 1 N–H and O–H groups in total. The van der Waals surface area contributed by atoms with Crippen LogP contribution in [-0.4, -0.2) is 71.6 Å². The predicted molar refractivity (Wildman–Crippen MR) is 108 cm³/mol. The van der Waals surface area contributed by atoms with E-state index in [4.69, 9.17) is 0 Å². The van der Waals surface area contributed by atoms with Crippen molar-refractivity contribution in [3.8, 4) is 0 Å². The van der Waals surface area contributed by atoms with Crippen molar-refractivity contribution in [2.45, 2.75) is 62.3 Å². The highest BCUT2D eigenvalue weighted by Gasteiger charge is 2.60. The molecule has 1 aromatic carbocycles. The first-order valence-corrected chi connectivity index (χ1v) is 11.2. The SMILES string of the molecule is O=C(OC(C(F)(F)F)C(F)(F)F)N1CCN(Cc2ccc(C3(C(=O)O)CCCC3)c(C(F)(F)F)c2)CC1. The Balaban J connectivity index is 1.69. The lowest BCUT2D eigenvalue weighted by Gasteiger charge is -2.35. The van der Waals surface area contributed by atoms with Crippen molar-refractivity contribution in [2.24, 2.45) is 0 Å². The third-order valence-electron chi connectivity index (χ3n) is 6.62. The van der Waals surface area contributed by atoms with Gasteiger partial charge in [0.25, 0.3) is 6.10 Å². The fraction of sp³-hybridized carbons (Fsp3) is 0.636. The molecule has 0 bridgehead atoms. The number of amides is 1. The Morgan fingerprint density at radius 3 is 1.92 bits per heavy atom. The van der Waals surface area contributed by atoms with Crippen molar-refractivity contribution in [2.75, 3.05) is 26.2 Å². The van der Waals surface area contributed by atoms with Gasteiger partial charge in [-0.3, -0.25) is 9.69 Å². The van der Waals surface area contributed by atoms with E-state index in [0.717, 1.165) is 12.1 Å². The molecule has 3 rings (SSSR count). The van der Waals surface area contributed by atoms with Gasteiger partial charge in [0, 0.05) is 32.7 Å². The van der Waals surface area contributed by atoms with Crippen LogP contribution >= 0.6 is 0 Å². The molecule has 2 fully saturated rings. The van der Waals surface area contributed by atoms with Crippen LogP contribution in [0.15, 0.2) is 18.2 Å². The van der Waals surface area contributed by atoms with E-state index in [2.05, 4.69) is 4.74 Å². The van der Waals surface area contributed by atoms with Gasteiger partial charge >= 0.3 is 30.6 Å². The fourth-order valence-corrected chi connectivity index (χ4v) is 4.76. The first kappa shape index (κ1) is 28.9. The summed E-state index contributed by atoms with van der Waals surface area (Å²) in [5, 5.41) is 9.71. The number of halogens is 9. The zero-order valence-corrected chi connectivity index (χ0v) is 19.1. The summed E-state index contributed by atoms with van der Waals surface area (Å²) >= 11 is 0. The van der Waals surface area contributed by atoms with Crippen LogP contribution in [0.2, 0.25) is 0 Å². The van der Waals surface area contributed by atoms with E-state index in [1.807, 2.05) is 0 Å². The summed E-state index contributed by atoms with van der Waals surface area (Å²) in [6.07, 6.45) is -21.5. The Kier molecular flexibility index (Phi) is 7.97. The Hall–Kier alpha value is -2.71. The Morgan fingerprint density at radius 1 is 0.919 bits per heavy atom. The smallest absolute Gasteiger partial charge is 0.434 e. The van der Waals surface area contributed by atoms with E-state index < -0.39 is 47.7 Å². The number of benzene rings is 1. The molecule has 15 heteroatoms. The molecule has 0 aromatic heterocycles. The molecule has 1 saturated heterocycles. The molecule has 0 radical (unpaired) electrons. The van der Waals surface area contributed by atoms with Crippen LogP contribution in [0.4, 0.5) is 44.3 Å². The normalized spacial score (nSPS) is 19.4. The summed E-state index contributed by atoms with van der Waals surface area (Å²) < 4.78 is 121. The number of ether oxygens (including phenoxy) is 1. The van der Waals surface area contributed by atoms with Gasteiger partial charge in [0.2, 0.25) is 0 Å². The molecule has 1 amide bonds. The summed E-state index contributed by atoms with van der Waals surface area (Å²) in [5.41, 5.74) is -2.84. The molecule has 208 valence electrons. The van der Waals surface area contributed by atoms with E-state index >= 15 is 0 Å². The molecular formula is C22H23F9N2O4. The molecule has 2 aliphatic rings. The minimum atomic E-state index is -5.85. The van der Waals surface area contributed by atoms with Crippen LogP contribution in [0.25, 0.3) is 0 Å². The maximum absolute atomic E-state index is 13.9. The predicted octanol–water partition coefficient (Wildman–Crippen LogP) is 5.35. The minimum Gasteiger partial charge on any atom is -0.481 e. The number of nitrogens with zero attached hydrogens (tertiary/aromatic N) is 2. The molecule has 0 unspecified atom stereocenters. The highest BCUT2D eigenvalue weighted by molar-refractivity contribution is 5.82. The van der Waals surface area contributed by atoms with Crippen LogP contribution in [0.1, 0.15) is 42.4 Å². The number of piperazine rings is 1. The van der Waals surface area contributed by atoms with Gasteiger partial charge in [-0.05, 0) is 30.0 Å². The second kappa shape index (κ2) is 10.2. The summed E-state index contributed by atoms with van der Waals surface area (Å²) in [5.74, 6) is -1.33. The Morgan fingerprint density at radius 2 is 1.46 bits per heavy atom. The molecule has 1 saturated carbocycles. The molecule has 0 atom stereocenters. The molecular weight excluding hydrogens is 527 g/mol. The number of hydrogen-bond donors (Lipinski definition) is 1. The van der Waals surface area contributed by atoms with Crippen LogP contribution < -0.4 is 0 Å². The molecule has 0 spiro atoms. The first-order valence-electron chi connectivity index (χ1n) is 11.2. The third kappa shape index (κ3) is 6.41.